The number of hydrogen-bond acceptors (Lipinski definition) is 10. The fourth-order valence-corrected chi connectivity index (χ4v) is 3.64. The van der Waals surface area contributed by atoms with Gasteiger partial charge in [0.1, 0.15) is 20.2 Å². The molecule has 0 aliphatic carbocycles. The maximum Gasteiger partial charge on any atom is 1.00 e. The topological polar surface area (TPSA) is 139 Å². The van der Waals surface area contributed by atoms with Crippen LogP contribution >= 0.6 is 24.4 Å². The van der Waals surface area contributed by atoms with Crippen molar-refractivity contribution in [3.8, 4) is 0 Å². The number of aliphatic imine (C=N–C) groups is 2. The first-order valence-electron chi connectivity index (χ1n) is 7.10. The Kier molecular flexibility index (Phi) is 12.4. The predicted molar refractivity (Wildman–Crippen MR) is 107 cm³/mol. The molecule has 14 heteroatoms. The van der Waals surface area contributed by atoms with Crippen molar-refractivity contribution in [2.45, 2.75) is 9.79 Å². The average Bonchev–Trinajstić information content (AvgIpc) is 2.60. The molecule has 0 aliphatic rings. The molecular weight excluding hydrogens is 490 g/mol. The average molecular weight is 498 g/mol. The third-order valence-electron chi connectivity index (χ3n) is 3.31. The third-order valence-corrected chi connectivity index (χ3v) is 5.22. The summed E-state index contributed by atoms with van der Waals surface area (Å²) in [5, 5.41) is 3.98. The monoisotopic (exact) mass is 498 g/mol. The van der Waals surface area contributed by atoms with Crippen molar-refractivity contribution in [3.63, 3.8) is 0 Å². The summed E-state index contributed by atoms with van der Waals surface area (Å²) >= 11 is 8.83. The molecule has 0 radical (unpaired) electrons. The van der Waals surface area contributed by atoms with E-state index in [-0.39, 0.29) is 70.5 Å². The maximum atomic E-state index is 11.4. The number of hydrogen-bond donors (Lipinski definition) is 0. The van der Waals surface area contributed by atoms with Crippen LogP contribution in [0.5, 0.6) is 0 Å². The Morgan fingerprint density at radius 1 is 0.733 bits per heavy atom. The Labute approximate surface area is 228 Å². The smallest absolute Gasteiger partial charge is 0.744 e. The van der Waals surface area contributed by atoms with E-state index in [1.165, 1.54) is 36.4 Å². The Morgan fingerprint density at radius 3 is 1.33 bits per heavy atom. The van der Waals surface area contributed by atoms with E-state index in [0.29, 0.717) is 11.1 Å². The van der Waals surface area contributed by atoms with Crippen molar-refractivity contribution in [1.29, 1.82) is 0 Å². The Bertz CT molecular complexity index is 1180. The molecule has 0 N–H and O–H groups in total. The van der Waals surface area contributed by atoms with Gasteiger partial charge in [-0.2, -0.15) is 9.98 Å². The van der Waals surface area contributed by atoms with E-state index in [4.69, 9.17) is 0 Å². The van der Waals surface area contributed by atoms with Crippen LogP contribution in [0.2, 0.25) is 0 Å². The molecule has 0 amide bonds. The number of thiocarbonyl (C=S) groups is 2. The van der Waals surface area contributed by atoms with Crippen molar-refractivity contribution >= 4 is 78.5 Å². The second-order valence-electron chi connectivity index (χ2n) is 5.10. The second-order valence-corrected chi connectivity index (χ2v) is 8.16. The van der Waals surface area contributed by atoms with Crippen LogP contribution in [-0.4, -0.2) is 36.3 Å². The molecule has 0 aromatic heterocycles. The van der Waals surface area contributed by atoms with Crippen molar-refractivity contribution in [2.24, 2.45) is 9.98 Å². The predicted octanol–water partition coefficient (Wildman–Crippen LogP) is -2.86. The van der Waals surface area contributed by atoms with Crippen molar-refractivity contribution < 1.29 is 85.1 Å². The first-order chi connectivity index (χ1) is 13.1. The zero-order valence-corrected chi connectivity index (χ0v) is 22.9. The van der Waals surface area contributed by atoms with E-state index in [1.807, 2.05) is 10.3 Å². The molecule has 2 aromatic rings. The van der Waals surface area contributed by atoms with Crippen LogP contribution in [0.25, 0.3) is 12.2 Å². The van der Waals surface area contributed by atoms with Gasteiger partial charge in [-0.25, -0.2) is 16.8 Å². The molecular formula is C16H8N2Na2O6S4. The molecule has 0 bridgehead atoms. The molecule has 144 valence electrons. The number of nitrogens with zero attached hydrogens (tertiary/aromatic N) is 2. The second kappa shape index (κ2) is 12.6. The largest absolute Gasteiger partial charge is 1.00 e. The molecule has 0 atom stereocenters. The van der Waals surface area contributed by atoms with Gasteiger partial charge in [0.25, 0.3) is 0 Å². The molecule has 2 rings (SSSR count). The normalized spacial score (nSPS) is 10.9. The van der Waals surface area contributed by atoms with Crippen molar-refractivity contribution in [3.05, 3.63) is 47.5 Å². The first-order valence-corrected chi connectivity index (χ1v) is 10.7. The summed E-state index contributed by atoms with van der Waals surface area (Å²) in [5.41, 5.74) is 0.323. The van der Waals surface area contributed by atoms with Gasteiger partial charge in [-0.3, -0.25) is 0 Å². The SMILES string of the molecule is O=S(=O)([O-])c1cc(C=Cc2ccc(N=C=S)c(S(=O)(=O)[O-])c2)ccc1N=C=S.[Na+].[Na+]. The molecule has 0 spiro atoms. The molecule has 0 heterocycles. The van der Waals surface area contributed by atoms with Gasteiger partial charge < -0.3 is 9.11 Å². The quantitative estimate of drug-likeness (QED) is 0.136. The Balaban J connectivity index is 0.00000420. The minimum Gasteiger partial charge on any atom is -0.744 e. The zero-order chi connectivity index (χ0) is 20.9. The molecule has 0 saturated heterocycles. The minimum absolute atomic E-state index is 0. The van der Waals surface area contributed by atoms with Gasteiger partial charge in [0.15, 0.2) is 0 Å². The summed E-state index contributed by atoms with van der Waals surface area (Å²) in [6.45, 7) is 0. The summed E-state index contributed by atoms with van der Waals surface area (Å²) in [4.78, 5) is 5.90. The number of rotatable bonds is 6. The summed E-state index contributed by atoms with van der Waals surface area (Å²) in [7, 11) is -9.63. The van der Waals surface area contributed by atoms with Gasteiger partial charge in [0, 0.05) is 0 Å². The number of benzene rings is 2. The van der Waals surface area contributed by atoms with Crippen LogP contribution in [0.3, 0.4) is 0 Å². The van der Waals surface area contributed by atoms with Crippen molar-refractivity contribution in [2.75, 3.05) is 0 Å². The van der Waals surface area contributed by atoms with Gasteiger partial charge in [0.2, 0.25) is 0 Å². The molecule has 0 fully saturated rings. The van der Waals surface area contributed by atoms with Crippen LogP contribution in [0.4, 0.5) is 11.4 Å². The number of isothiocyanates is 2. The maximum absolute atomic E-state index is 11.4. The van der Waals surface area contributed by atoms with Gasteiger partial charge in [-0.15, -0.1) is 0 Å². The summed E-state index contributed by atoms with van der Waals surface area (Å²) in [5.74, 6) is 0. The van der Waals surface area contributed by atoms with E-state index in [0.717, 1.165) is 12.1 Å². The fraction of sp³-hybridized carbons (Fsp3) is 0. The van der Waals surface area contributed by atoms with Crippen molar-refractivity contribution in [1.82, 2.24) is 0 Å². The van der Waals surface area contributed by atoms with Crippen LogP contribution in [0, 0.1) is 0 Å². The summed E-state index contributed by atoms with van der Waals surface area (Å²) in [6, 6.07) is 7.64. The summed E-state index contributed by atoms with van der Waals surface area (Å²) in [6.07, 6.45) is 2.83. The summed E-state index contributed by atoms with van der Waals surface area (Å²) < 4.78 is 68.3. The van der Waals surface area contributed by atoms with E-state index in [9.17, 15) is 25.9 Å². The van der Waals surface area contributed by atoms with Crippen LogP contribution in [0.15, 0.2) is 56.2 Å². The molecule has 8 nitrogen and oxygen atoms in total. The van der Waals surface area contributed by atoms with E-state index >= 15 is 0 Å². The van der Waals surface area contributed by atoms with Gasteiger partial charge in [-0.05, 0) is 59.8 Å². The van der Waals surface area contributed by atoms with Crippen LogP contribution in [-0.2, 0) is 20.2 Å². The molecule has 2 aromatic carbocycles. The van der Waals surface area contributed by atoms with E-state index in [1.54, 1.807) is 0 Å². The molecule has 0 aliphatic heterocycles. The Morgan fingerprint density at radius 2 is 1.07 bits per heavy atom. The van der Waals surface area contributed by atoms with E-state index < -0.39 is 30.0 Å². The zero-order valence-electron chi connectivity index (χ0n) is 15.6. The molecule has 0 unspecified atom stereocenters. The van der Waals surface area contributed by atoms with Gasteiger partial charge in [-0.1, -0.05) is 24.3 Å². The van der Waals surface area contributed by atoms with Crippen LogP contribution in [0.1, 0.15) is 11.1 Å². The molecule has 0 saturated carbocycles. The van der Waals surface area contributed by atoms with Gasteiger partial charge in [0.05, 0.1) is 31.5 Å². The minimum atomic E-state index is -4.81. The third kappa shape index (κ3) is 8.27. The van der Waals surface area contributed by atoms with Crippen LogP contribution < -0.4 is 59.1 Å². The fourth-order valence-electron chi connectivity index (χ4n) is 2.14. The molecule has 30 heavy (non-hydrogen) atoms. The van der Waals surface area contributed by atoms with Gasteiger partial charge >= 0.3 is 59.1 Å². The Hall–Kier alpha value is -0.400. The standard InChI is InChI=1S/C16H10N2O6S4.2Na/c19-27(20,21)15-7-11(3-5-13(15)17-9-25)1-2-12-4-6-14(18-10-26)16(8-12)28(22,23)24;;/h1-8H,(H,19,20,21)(H,22,23,24);;/q;2*+1/p-2. The first kappa shape index (κ1) is 29.6. The van der Waals surface area contributed by atoms with E-state index in [2.05, 4.69) is 34.4 Å².